The van der Waals surface area contributed by atoms with E-state index in [9.17, 15) is 0 Å². The van der Waals surface area contributed by atoms with E-state index in [4.69, 9.17) is 9.15 Å². The van der Waals surface area contributed by atoms with Gasteiger partial charge >= 0.3 is 0 Å². The highest BCUT2D eigenvalue weighted by atomic mass is 16.5. The molecule has 3 heterocycles. The fourth-order valence-electron chi connectivity index (χ4n) is 8.77. The Morgan fingerprint density at radius 3 is 1.89 bits per heavy atom. The average Bonchev–Trinajstić information content (AvgIpc) is 3.80. The Morgan fingerprint density at radius 1 is 0.393 bits per heavy atom. The van der Waals surface area contributed by atoms with Crippen molar-refractivity contribution in [2.45, 2.75) is 0 Å². The summed E-state index contributed by atoms with van der Waals surface area (Å²) in [4.78, 5) is 2.31. The van der Waals surface area contributed by atoms with Crippen molar-refractivity contribution in [3.05, 3.63) is 194 Å². The molecule has 0 atom stereocenters. The Balaban J connectivity index is 0.974. The number of para-hydroxylation sites is 4. The molecule has 0 spiro atoms. The summed E-state index contributed by atoms with van der Waals surface area (Å²) in [6, 6.07) is 69.1. The number of ether oxygens (including phenoxy) is 1. The number of rotatable bonds is 5. The van der Waals surface area contributed by atoms with Crippen LogP contribution >= 0.6 is 0 Å². The molecule has 0 N–H and O–H groups in total. The van der Waals surface area contributed by atoms with E-state index in [-0.39, 0.29) is 0 Å². The lowest BCUT2D eigenvalue weighted by Crippen LogP contribution is -2.09. The SMILES string of the molecule is c1ccc2c(c1)Oc1cccc3c4ccc(-c5ccc(N(c6ccc(-c7cccc8ccccc78)cc6)c6ccc7c(c6)oc6ccccc67)cc5)cc4n-2c13. The summed E-state index contributed by atoms with van der Waals surface area (Å²) in [5, 5.41) is 7.12. The van der Waals surface area contributed by atoms with Crippen molar-refractivity contribution >= 4 is 71.6 Å². The summed E-state index contributed by atoms with van der Waals surface area (Å²) in [7, 11) is 0. The molecular weight excluding hydrogens is 685 g/mol. The molecule has 0 unspecified atom stereocenters. The van der Waals surface area contributed by atoms with Gasteiger partial charge in [0.05, 0.1) is 16.7 Å². The Kier molecular flexibility index (Phi) is 6.60. The van der Waals surface area contributed by atoms with Gasteiger partial charge in [0.1, 0.15) is 11.2 Å². The van der Waals surface area contributed by atoms with Crippen LogP contribution in [0.4, 0.5) is 17.1 Å². The topological polar surface area (TPSA) is 30.5 Å². The molecule has 262 valence electrons. The van der Waals surface area contributed by atoms with Gasteiger partial charge in [-0.1, -0.05) is 121 Å². The van der Waals surface area contributed by atoms with Crippen LogP contribution in [-0.2, 0) is 0 Å². The first-order chi connectivity index (χ1) is 27.7. The zero-order valence-electron chi connectivity index (χ0n) is 30.2. The van der Waals surface area contributed by atoms with E-state index >= 15 is 0 Å². The minimum absolute atomic E-state index is 0.865. The molecule has 4 nitrogen and oxygen atoms in total. The van der Waals surface area contributed by atoms with Gasteiger partial charge in [0.2, 0.25) is 0 Å². The van der Waals surface area contributed by atoms with Crippen LogP contribution in [0.5, 0.6) is 11.5 Å². The van der Waals surface area contributed by atoms with Crippen molar-refractivity contribution in [3.63, 3.8) is 0 Å². The summed E-state index contributed by atoms with van der Waals surface area (Å²) >= 11 is 0. The van der Waals surface area contributed by atoms with E-state index in [0.717, 1.165) is 78.3 Å². The molecule has 56 heavy (non-hydrogen) atoms. The monoisotopic (exact) mass is 716 g/mol. The first-order valence-electron chi connectivity index (χ1n) is 19.0. The maximum atomic E-state index is 6.38. The van der Waals surface area contributed by atoms with Gasteiger partial charge < -0.3 is 18.6 Å². The summed E-state index contributed by atoms with van der Waals surface area (Å²) in [5.41, 5.74) is 12.9. The van der Waals surface area contributed by atoms with Gasteiger partial charge in [0.15, 0.2) is 11.5 Å². The van der Waals surface area contributed by atoms with Crippen LogP contribution in [0.2, 0.25) is 0 Å². The number of nitrogens with zero attached hydrogens (tertiary/aromatic N) is 2. The Morgan fingerprint density at radius 2 is 1.02 bits per heavy atom. The van der Waals surface area contributed by atoms with Crippen LogP contribution in [0.3, 0.4) is 0 Å². The first-order valence-corrected chi connectivity index (χ1v) is 19.0. The molecule has 0 radical (unpaired) electrons. The maximum Gasteiger partial charge on any atom is 0.152 e. The second-order valence-corrected chi connectivity index (χ2v) is 14.5. The lowest BCUT2D eigenvalue weighted by molar-refractivity contribution is 0.476. The number of hydrogen-bond acceptors (Lipinski definition) is 3. The van der Waals surface area contributed by atoms with Crippen LogP contribution in [0, 0.1) is 0 Å². The number of aromatic nitrogens is 1. The fraction of sp³-hybridized carbons (Fsp3) is 0. The number of anilines is 3. The van der Waals surface area contributed by atoms with Crippen molar-refractivity contribution in [2.24, 2.45) is 0 Å². The third-order valence-electron chi connectivity index (χ3n) is 11.4. The summed E-state index contributed by atoms with van der Waals surface area (Å²) in [6.45, 7) is 0. The third kappa shape index (κ3) is 4.66. The lowest BCUT2D eigenvalue weighted by atomic mass is 9.98. The van der Waals surface area contributed by atoms with Gasteiger partial charge in [0, 0.05) is 44.7 Å². The molecule has 9 aromatic carbocycles. The molecule has 4 heteroatoms. The van der Waals surface area contributed by atoms with Crippen molar-refractivity contribution in [1.29, 1.82) is 0 Å². The number of hydrogen-bond donors (Lipinski definition) is 0. The quantitative estimate of drug-likeness (QED) is 0.178. The Labute approximate surface area is 322 Å². The van der Waals surface area contributed by atoms with E-state index < -0.39 is 0 Å². The molecule has 12 rings (SSSR count). The molecule has 0 fully saturated rings. The van der Waals surface area contributed by atoms with Gasteiger partial charge in [-0.25, -0.2) is 0 Å². The van der Waals surface area contributed by atoms with Crippen LogP contribution in [0.25, 0.3) is 82.5 Å². The summed E-state index contributed by atoms with van der Waals surface area (Å²) < 4.78 is 15.1. The second kappa shape index (κ2) is 12.0. The van der Waals surface area contributed by atoms with Crippen molar-refractivity contribution in [2.75, 3.05) is 4.90 Å². The normalized spacial score (nSPS) is 12.1. The van der Waals surface area contributed by atoms with E-state index in [0.29, 0.717) is 0 Å². The zero-order chi connectivity index (χ0) is 36.7. The van der Waals surface area contributed by atoms with Gasteiger partial charge in [-0.2, -0.15) is 0 Å². The number of furan rings is 1. The van der Waals surface area contributed by atoms with E-state index in [1.807, 2.05) is 24.3 Å². The highest BCUT2D eigenvalue weighted by Gasteiger charge is 2.24. The molecule has 11 aromatic rings. The molecule has 0 bridgehead atoms. The van der Waals surface area contributed by atoms with Crippen LogP contribution < -0.4 is 9.64 Å². The van der Waals surface area contributed by atoms with Crippen LogP contribution in [0.1, 0.15) is 0 Å². The highest BCUT2D eigenvalue weighted by molar-refractivity contribution is 6.13. The van der Waals surface area contributed by atoms with Gasteiger partial charge in [0.25, 0.3) is 0 Å². The van der Waals surface area contributed by atoms with E-state index in [1.165, 1.54) is 32.7 Å². The summed E-state index contributed by atoms with van der Waals surface area (Å²) in [5.74, 6) is 1.75. The molecule has 1 aliphatic heterocycles. The van der Waals surface area contributed by atoms with Crippen LogP contribution in [-0.4, -0.2) is 4.57 Å². The van der Waals surface area contributed by atoms with Gasteiger partial charge in [-0.05, 0) is 99.8 Å². The molecule has 0 saturated carbocycles. The summed E-state index contributed by atoms with van der Waals surface area (Å²) in [6.07, 6.45) is 0. The van der Waals surface area contributed by atoms with Crippen molar-refractivity contribution in [1.82, 2.24) is 4.57 Å². The fourth-order valence-corrected chi connectivity index (χ4v) is 8.77. The predicted octanol–water partition coefficient (Wildman–Crippen LogP) is 14.7. The van der Waals surface area contributed by atoms with E-state index in [1.54, 1.807) is 0 Å². The molecule has 2 aromatic heterocycles. The van der Waals surface area contributed by atoms with Gasteiger partial charge in [-0.15, -0.1) is 0 Å². The third-order valence-corrected chi connectivity index (χ3v) is 11.4. The van der Waals surface area contributed by atoms with Gasteiger partial charge in [-0.3, -0.25) is 0 Å². The van der Waals surface area contributed by atoms with E-state index in [2.05, 4.69) is 179 Å². The molecule has 0 saturated heterocycles. The van der Waals surface area contributed by atoms with Crippen molar-refractivity contribution in [3.8, 4) is 39.4 Å². The maximum absolute atomic E-state index is 6.38. The second-order valence-electron chi connectivity index (χ2n) is 14.5. The zero-order valence-corrected chi connectivity index (χ0v) is 30.2. The molecular formula is C52H32N2O2. The molecule has 0 amide bonds. The average molecular weight is 717 g/mol. The van der Waals surface area contributed by atoms with Crippen molar-refractivity contribution < 1.29 is 9.15 Å². The lowest BCUT2D eigenvalue weighted by Gasteiger charge is -2.26. The molecule has 0 aliphatic carbocycles. The predicted molar refractivity (Wildman–Crippen MR) is 231 cm³/mol. The minimum Gasteiger partial charge on any atom is -0.456 e. The largest absolute Gasteiger partial charge is 0.456 e. The highest BCUT2D eigenvalue weighted by Crippen LogP contribution is 2.46. The molecule has 1 aliphatic rings. The smallest absolute Gasteiger partial charge is 0.152 e. The Hall–Kier alpha value is -7.56. The Bertz CT molecular complexity index is 3330. The first kappa shape index (κ1) is 30.9. The number of fused-ring (bicyclic) bond motifs is 9. The van der Waals surface area contributed by atoms with Crippen LogP contribution in [0.15, 0.2) is 199 Å². The standard InChI is InChI=1S/C52H32N2O2/c1-2-11-40-34(9-1)10-7-13-41(40)35-21-26-38(27-22-35)53(39-28-30-44-43-12-3-5-16-48(43)55-51(44)32-39)37-24-19-33(20-25-37)36-23-29-42-45-14-8-18-50-52(45)54(47(42)31-36)46-15-4-6-17-49(46)56-50/h1-32H. The minimum atomic E-state index is 0.865. The number of benzene rings is 9.